The number of nitrogens with one attached hydrogen (secondary N) is 1. The van der Waals surface area contributed by atoms with Crippen molar-refractivity contribution in [1.82, 2.24) is 5.32 Å². The summed E-state index contributed by atoms with van der Waals surface area (Å²) >= 11 is 0. The topological polar surface area (TPSA) is 52.5 Å². The molecule has 0 fully saturated rings. The van der Waals surface area contributed by atoms with Crippen LogP contribution in [0.15, 0.2) is 18.2 Å². The molecule has 3 heteroatoms. The molecule has 0 saturated carbocycles. The van der Waals surface area contributed by atoms with Crippen LogP contribution in [0, 0.1) is 11.8 Å². The summed E-state index contributed by atoms with van der Waals surface area (Å²) in [5, 5.41) is 21.5. The molecule has 0 heterocycles. The van der Waals surface area contributed by atoms with Crippen molar-refractivity contribution in [2.45, 2.75) is 0 Å². The summed E-state index contributed by atoms with van der Waals surface area (Å²) in [4.78, 5) is 0. The van der Waals surface area contributed by atoms with Crippen LogP contribution in [0.5, 0.6) is 11.5 Å². The van der Waals surface area contributed by atoms with Crippen LogP contribution in [-0.2, 0) is 0 Å². The van der Waals surface area contributed by atoms with Crippen molar-refractivity contribution in [3.05, 3.63) is 23.8 Å². The largest absolute Gasteiger partial charge is 0.507 e. The van der Waals surface area contributed by atoms with Crippen LogP contribution in [0.25, 0.3) is 0 Å². The number of benzene rings is 1. The summed E-state index contributed by atoms with van der Waals surface area (Å²) in [5.74, 6) is 5.43. The Kier molecular flexibility index (Phi) is 3.18. The van der Waals surface area contributed by atoms with Gasteiger partial charge in [-0.2, -0.15) is 0 Å². The van der Waals surface area contributed by atoms with Gasteiger partial charge in [-0.15, -0.1) is 0 Å². The van der Waals surface area contributed by atoms with Gasteiger partial charge in [0.1, 0.15) is 17.1 Å². The van der Waals surface area contributed by atoms with Crippen LogP contribution < -0.4 is 5.32 Å². The summed E-state index contributed by atoms with van der Waals surface area (Å²) in [6, 6.07) is 4.54. The number of phenolic OH excluding ortho intramolecular Hbond substituents is 2. The zero-order valence-corrected chi connectivity index (χ0v) is 7.33. The molecule has 0 unspecified atom stereocenters. The Morgan fingerprint density at radius 1 is 1.31 bits per heavy atom. The first-order valence-electron chi connectivity index (χ1n) is 3.90. The molecule has 68 valence electrons. The van der Waals surface area contributed by atoms with Crippen LogP contribution >= 0.6 is 0 Å². The molecule has 0 amide bonds. The van der Waals surface area contributed by atoms with E-state index in [2.05, 4.69) is 17.2 Å². The smallest absolute Gasteiger partial charge is 0.134 e. The van der Waals surface area contributed by atoms with E-state index in [1.54, 1.807) is 13.1 Å². The fourth-order valence-electron chi connectivity index (χ4n) is 0.877. The lowest BCUT2D eigenvalue weighted by Gasteiger charge is -1.98. The molecule has 3 nitrogen and oxygen atoms in total. The highest BCUT2D eigenvalue weighted by Crippen LogP contribution is 2.24. The van der Waals surface area contributed by atoms with E-state index in [1.165, 1.54) is 12.1 Å². The van der Waals surface area contributed by atoms with E-state index in [4.69, 9.17) is 0 Å². The highest BCUT2D eigenvalue weighted by atomic mass is 16.3. The van der Waals surface area contributed by atoms with Gasteiger partial charge < -0.3 is 15.5 Å². The molecular weight excluding hydrogens is 166 g/mol. The zero-order valence-electron chi connectivity index (χ0n) is 7.33. The van der Waals surface area contributed by atoms with Gasteiger partial charge in [0.25, 0.3) is 0 Å². The second kappa shape index (κ2) is 4.39. The minimum atomic E-state index is 0.00334. The summed E-state index contributed by atoms with van der Waals surface area (Å²) in [5.41, 5.74) is 0.276. The molecule has 0 aromatic heterocycles. The fourth-order valence-corrected chi connectivity index (χ4v) is 0.877. The first-order chi connectivity index (χ1) is 6.25. The number of hydrogen-bond acceptors (Lipinski definition) is 3. The van der Waals surface area contributed by atoms with E-state index in [0.29, 0.717) is 6.54 Å². The molecule has 1 aromatic rings. The van der Waals surface area contributed by atoms with Crippen molar-refractivity contribution >= 4 is 0 Å². The fraction of sp³-hybridized carbons (Fsp3) is 0.200. The van der Waals surface area contributed by atoms with Crippen LogP contribution in [0.2, 0.25) is 0 Å². The van der Waals surface area contributed by atoms with Gasteiger partial charge in [0.05, 0.1) is 6.54 Å². The normalized spacial score (nSPS) is 9.00. The first-order valence-corrected chi connectivity index (χ1v) is 3.90. The van der Waals surface area contributed by atoms with Crippen molar-refractivity contribution in [2.75, 3.05) is 13.6 Å². The van der Waals surface area contributed by atoms with Crippen molar-refractivity contribution < 1.29 is 10.2 Å². The molecule has 0 aliphatic heterocycles. The van der Waals surface area contributed by atoms with E-state index in [-0.39, 0.29) is 17.1 Å². The molecule has 1 aromatic carbocycles. The zero-order chi connectivity index (χ0) is 9.68. The molecule has 3 N–H and O–H groups in total. The summed E-state index contributed by atoms with van der Waals surface area (Å²) in [6.07, 6.45) is 0. The van der Waals surface area contributed by atoms with Gasteiger partial charge in [-0.1, -0.05) is 17.9 Å². The van der Waals surface area contributed by atoms with Crippen LogP contribution in [0.3, 0.4) is 0 Å². The second-order valence-electron chi connectivity index (χ2n) is 2.50. The maximum atomic E-state index is 9.31. The third-order valence-electron chi connectivity index (χ3n) is 1.50. The molecular formula is C10H11NO2. The Labute approximate surface area is 77.0 Å². The molecule has 13 heavy (non-hydrogen) atoms. The molecule has 0 aliphatic carbocycles. The van der Waals surface area contributed by atoms with Crippen LogP contribution in [0.4, 0.5) is 0 Å². The van der Waals surface area contributed by atoms with E-state index >= 15 is 0 Å². The third-order valence-corrected chi connectivity index (χ3v) is 1.50. The van der Waals surface area contributed by atoms with E-state index in [9.17, 15) is 10.2 Å². The molecule has 0 atom stereocenters. The van der Waals surface area contributed by atoms with Gasteiger partial charge in [-0.3, -0.25) is 0 Å². The lowest BCUT2D eigenvalue weighted by molar-refractivity contribution is 0.448. The number of phenols is 2. The van der Waals surface area contributed by atoms with Gasteiger partial charge in [0, 0.05) is 0 Å². The predicted octanol–water partition coefficient (Wildman–Crippen LogP) is 0.669. The van der Waals surface area contributed by atoms with Gasteiger partial charge >= 0.3 is 0 Å². The molecule has 0 saturated heterocycles. The first kappa shape index (κ1) is 9.43. The Bertz CT molecular complexity index is 329. The molecule has 0 bridgehead atoms. The second-order valence-corrected chi connectivity index (χ2v) is 2.50. The Morgan fingerprint density at radius 3 is 2.46 bits per heavy atom. The average Bonchev–Trinajstić information content (AvgIpc) is 2.10. The van der Waals surface area contributed by atoms with Gasteiger partial charge in [-0.05, 0) is 19.2 Å². The highest BCUT2D eigenvalue weighted by molar-refractivity contribution is 5.53. The SMILES string of the molecule is CNCC#Cc1c(O)cccc1O. The number of rotatable bonds is 1. The van der Waals surface area contributed by atoms with E-state index in [0.717, 1.165) is 0 Å². The van der Waals surface area contributed by atoms with Crippen LogP contribution in [-0.4, -0.2) is 23.8 Å². The quantitative estimate of drug-likeness (QED) is 0.552. The van der Waals surface area contributed by atoms with Crippen molar-refractivity contribution in [1.29, 1.82) is 0 Å². The standard InChI is InChI=1S/C10H11NO2/c1-11-7-3-4-8-9(12)5-2-6-10(8)13/h2,5-6,11-13H,7H2,1H3. The Balaban J connectivity index is 2.95. The summed E-state index contributed by atoms with van der Waals surface area (Å²) in [7, 11) is 1.78. The van der Waals surface area contributed by atoms with Crippen molar-refractivity contribution in [3.8, 4) is 23.3 Å². The van der Waals surface area contributed by atoms with Gasteiger partial charge in [-0.25, -0.2) is 0 Å². The predicted molar refractivity (Wildman–Crippen MR) is 50.6 cm³/mol. The molecule has 0 aliphatic rings. The monoisotopic (exact) mass is 177 g/mol. The van der Waals surface area contributed by atoms with E-state index < -0.39 is 0 Å². The van der Waals surface area contributed by atoms with Crippen molar-refractivity contribution in [3.63, 3.8) is 0 Å². The number of aromatic hydroxyl groups is 2. The lowest BCUT2D eigenvalue weighted by Crippen LogP contribution is -2.04. The molecule has 1 rings (SSSR count). The van der Waals surface area contributed by atoms with Crippen molar-refractivity contribution in [2.24, 2.45) is 0 Å². The minimum Gasteiger partial charge on any atom is -0.507 e. The van der Waals surface area contributed by atoms with Gasteiger partial charge in [0.15, 0.2) is 0 Å². The lowest BCUT2D eigenvalue weighted by atomic mass is 10.2. The third kappa shape index (κ3) is 2.39. The average molecular weight is 177 g/mol. The molecule has 0 spiro atoms. The minimum absolute atomic E-state index is 0.00334. The Morgan fingerprint density at radius 2 is 1.92 bits per heavy atom. The summed E-state index contributed by atoms with van der Waals surface area (Å²) in [6.45, 7) is 0.522. The van der Waals surface area contributed by atoms with Crippen LogP contribution in [0.1, 0.15) is 5.56 Å². The van der Waals surface area contributed by atoms with E-state index in [1.807, 2.05) is 0 Å². The summed E-state index contributed by atoms with van der Waals surface area (Å²) < 4.78 is 0. The van der Waals surface area contributed by atoms with Gasteiger partial charge in [0.2, 0.25) is 0 Å². The molecule has 0 radical (unpaired) electrons. The highest BCUT2D eigenvalue weighted by Gasteiger charge is 2.01. The number of hydrogen-bond donors (Lipinski definition) is 3. The Hall–Kier alpha value is -1.66. The maximum absolute atomic E-state index is 9.31. The maximum Gasteiger partial charge on any atom is 0.134 e.